The summed E-state index contributed by atoms with van der Waals surface area (Å²) in [7, 11) is 1.96. The van der Waals surface area contributed by atoms with E-state index in [1.54, 1.807) is 0 Å². The van der Waals surface area contributed by atoms with E-state index < -0.39 is 0 Å². The Kier molecular flexibility index (Phi) is 4.94. The van der Waals surface area contributed by atoms with E-state index in [2.05, 4.69) is 44.2 Å². The lowest BCUT2D eigenvalue weighted by atomic mass is 9.97. The molecule has 1 aromatic carbocycles. The van der Waals surface area contributed by atoms with Gasteiger partial charge in [-0.3, -0.25) is 4.79 Å². The van der Waals surface area contributed by atoms with Gasteiger partial charge < -0.3 is 4.90 Å². The molecule has 0 spiro atoms. The minimum Gasteiger partial charge on any atom is -0.350 e. The van der Waals surface area contributed by atoms with Crippen LogP contribution in [0.4, 0.5) is 0 Å². The van der Waals surface area contributed by atoms with Crippen LogP contribution in [0.15, 0.2) is 71.6 Å². The van der Waals surface area contributed by atoms with Crippen LogP contribution in [0.5, 0.6) is 0 Å². The molecule has 2 nitrogen and oxygen atoms in total. The summed E-state index contributed by atoms with van der Waals surface area (Å²) in [4.78, 5) is 12.8. The molecule has 0 unspecified atom stereocenters. The van der Waals surface area contributed by atoms with Crippen molar-refractivity contribution in [3.05, 3.63) is 77.2 Å². The zero-order chi connectivity index (χ0) is 15.2. The molecule has 0 N–H and O–H groups in total. The standard InChI is InChI=1S/C19H21NO/c1-4-15(2)19(17-8-6-5-7-9-17)12-18-11-10-16(14-21)13-20(18)3/h5-14H,4H2,1-3H3/b18-12-,19-15?. The van der Waals surface area contributed by atoms with Crippen LogP contribution in [0, 0.1) is 0 Å². The van der Waals surface area contributed by atoms with Crippen molar-refractivity contribution in [1.29, 1.82) is 0 Å². The van der Waals surface area contributed by atoms with Gasteiger partial charge in [0.15, 0.2) is 6.29 Å². The van der Waals surface area contributed by atoms with E-state index in [-0.39, 0.29) is 0 Å². The molecule has 0 aromatic heterocycles. The van der Waals surface area contributed by atoms with Crippen LogP contribution in [0.1, 0.15) is 25.8 Å². The molecule has 21 heavy (non-hydrogen) atoms. The summed E-state index contributed by atoms with van der Waals surface area (Å²) in [5.41, 5.74) is 5.57. The lowest BCUT2D eigenvalue weighted by molar-refractivity contribution is -0.104. The summed E-state index contributed by atoms with van der Waals surface area (Å²) in [6.07, 6.45) is 9.75. The van der Waals surface area contributed by atoms with E-state index in [0.29, 0.717) is 5.57 Å². The molecule has 0 saturated heterocycles. The Hall–Kier alpha value is -2.35. The molecule has 0 fully saturated rings. The highest BCUT2D eigenvalue weighted by atomic mass is 16.1. The van der Waals surface area contributed by atoms with Gasteiger partial charge in [-0.25, -0.2) is 0 Å². The van der Waals surface area contributed by atoms with Crippen molar-refractivity contribution in [1.82, 2.24) is 4.90 Å². The molecule has 0 amide bonds. The molecule has 1 heterocycles. The summed E-state index contributed by atoms with van der Waals surface area (Å²) in [6.45, 7) is 4.33. The predicted molar refractivity (Wildman–Crippen MR) is 88.5 cm³/mol. The van der Waals surface area contributed by atoms with Crippen molar-refractivity contribution in [3.63, 3.8) is 0 Å². The largest absolute Gasteiger partial charge is 0.350 e. The molecule has 108 valence electrons. The molecular weight excluding hydrogens is 258 g/mol. The van der Waals surface area contributed by atoms with E-state index in [1.807, 2.05) is 36.4 Å². The number of carbonyl (C=O) groups excluding carboxylic acids is 1. The number of likely N-dealkylation sites (N-methyl/N-ethyl adjacent to an activating group) is 1. The van der Waals surface area contributed by atoms with E-state index in [0.717, 1.165) is 18.4 Å². The highest BCUT2D eigenvalue weighted by Gasteiger charge is 2.09. The van der Waals surface area contributed by atoms with Gasteiger partial charge in [-0.1, -0.05) is 42.8 Å². The van der Waals surface area contributed by atoms with Crippen LogP contribution in [0.3, 0.4) is 0 Å². The maximum absolute atomic E-state index is 10.8. The average Bonchev–Trinajstić information content (AvgIpc) is 2.53. The van der Waals surface area contributed by atoms with Crippen molar-refractivity contribution in [2.45, 2.75) is 20.3 Å². The number of nitrogens with zero attached hydrogens (tertiary/aromatic N) is 1. The SMILES string of the molecule is CCC(C)=C(/C=C1/C=CC(C=O)=CN1C)c1ccccc1. The normalized spacial score (nSPS) is 17.6. The Morgan fingerprint density at radius 2 is 1.90 bits per heavy atom. The predicted octanol–water partition coefficient (Wildman–Crippen LogP) is 4.34. The monoisotopic (exact) mass is 279 g/mol. The van der Waals surface area contributed by atoms with Crippen molar-refractivity contribution >= 4 is 11.9 Å². The molecule has 1 aliphatic heterocycles. The number of hydrogen-bond acceptors (Lipinski definition) is 2. The van der Waals surface area contributed by atoms with Crippen LogP contribution < -0.4 is 0 Å². The van der Waals surface area contributed by atoms with Crippen LogP contribution in [0.2, 0.25) is 0 Å². The van der Waals surface area contributed by atoms with Crippen molar-refractivity contribution in [3.8, 4) is 0 Å². The average molecular weight is 279 g/mol. The lowest BCUT2D eigenvalue weighted by Crippen LogP contribution is -2.13. The molecule has 2 heteroatoms. The molecule has 0 saturated carbocycles. The Bertz CT molecular complexity index is 633. The summed E-state index contributed by atoms with van der Waals surface area (Å²) in [5.74, 6) is 0. The topological polar surface area (TPSA) is 20.3 Å². The first-order valence-corrected chi connectivity index (χ1v) is 7.20. The fourth-order valence-electron chi connectivity index (χ4n) is 2.27. The third-order valence-corrected chi connectivity index (χ3v) is 3.70. The van der Waals surface area contributed by atoms with Gasteiger partial charge in [0.1, 0.15) is 0 Å². The maximum atomic E-state index is 10.8. The van der Waals surface area contributed by atoms with Crippen LogP contribution >= 0.6 is 0 Å². The molecule has 0 atom stereocenters. The van der Waals surface area contributed by atoms with Gasteiger partial charge in [0, 0.05) is 24.5 Å². The summed E-state index contributed by atoms with van der Waals surface area (Å²) in [5, 5.41) is 0. The third-order valence-electron chi connectivity index (χ3n) is 3.70. The fourth-order valence-corrected chi connectivity index (χ4v) is 2.27. The number of hydrogen-bond donors (Lipinski definition) is 0. The first-order chi connectivity index (χ1) is 10.2. The first kappa shape index (κ1) is 15.0. The molecule has 0 bridgehead atoms. The van der Waals surface area contributed by atoms with Gasteiger partial charge in [0.25, 0.3) is 0 Å². The zero-order valence-electron chi connectivity index (χ0n) is 12.8. The smallest absolute Gasteiger partial charge is 0.151 e. The molecule has 2 rings (SSSR count). The zero-order valence-corrected chi connectivity index (χ0v) is 12.8. The Balaban J connectivity index is 2.42. The molecule has 1 aliphatic rings. The van der Waals surface area contributed by atoms with Gasteiger partial charge in [-0.05, 0) is 42.7 Å². The van der Waals surface area contributed by atoms with Gasteiger partial charge in [-0.15, -0.1) is 0 Å². The second-order valence-corrected chi connectivity index (χ2v) is 5.17. The Labute approximate surface area is 126 Å². The number of rotatable bonds is 4. The minimum absolute atomic E-state index is 0.687. The lowest BCUT2D eigenvalue weighted by Gasteiger charge is -2.21. The second kappa shape index (κ2) is 6.89. The van der Waals surface area contributed by atoms with E-state index >= 15 is 0 Å². The summed E-state index contributed by atoms with van der Waals surface area (Å²) >= 11 is 0. The van der Waals surface area contributed by atoms with Crippen LogP contribution in [0.25, 0.3) is 5.57 Å². The highest BCUT2D eigenvalue weighted by molar-refractivity contribution is 5.80. The van der Waals surface area contributed by atoms with Crippen molar-refractivity contribution < 1.29 is 4.79 Å². The van der Waals surface area contributed by atoms with E-state index in [1.165, 1.54) is 16.7 Å². The van der Waals surface area contributed by atoms with Gasteiger partial charge >= 0.3 is 0 Å². The Morgan fingerprint density at radius 3 is 2.48 bits per heavy atom. The maximum Gasteiger partial charge on any atom is 0.151 e. The van der Waals surface area contributed by atoms with Crippen molar-refractivity contribution in [2.75, 3.05) is 7.05 Å². The van der Waals surface area contributed by atoms with Gasteiger partial charge in [0.05, 0.1) is 0 Å². The number of aldehydes is 1. The fraction of sp³-hybridized carbons (Fsp3) is 0.211. The summed E-state index contributed by atoms with van der Waals surface area (Å²) in [6, 6.07) is 10.4. The molecule has 1 aromatic rings. The van der Waals surface area contributed by atoms with Crippen LogP contribution in [-0.4, -0.2) is 18.2 Å². The highest BCUT2D eigenvalue weighted by Crippen LogP contribution is 2.25. The molecule has 0 aliphatic carbocycles. The third kappa shape index (κ3) is 3.60. The Morgan fingerprint density at radius 1 is 1.19 bits per heavy atom. The van der Waals surface area contributed by atoms with Crippen molar-refractivity contribution in [2.24, 2.45) is 0 Å². The number of benzene rings is 1. The second-order valence-electron chi connectivity index (χ2n) is 5.17. The molecule has 0 radical (unpaired) electrons. The summed E-state index contributed by atoms with van der Waals surface area (Å²) < 4.78 is 0. The minimum atomic E-state index is 0.687. The van der Waals surface area contributed by atoms with Gasteiger partial charge in [0.2, 0.25) is 0 Å². The number of allylic oxidation sites excluding steroid dienone is 6. The molecular formula is C19H21NO. The van der Waals surface area contributed by atoms with E-state index in [9.17, 15) is 4.79 Å². The van der Waals surface area contributed by atoms with Gasteiger partial charge in [-0.2, -0.15) is 0 Å². The first-order valence-electron chi connectivity index (χ1n) is 7.20. The quantitative estimate of drug-likeness (QED) is 0.764. The van der Waals surface area contributed by atoms with E-state index in [4.69, 9.17) is 0 Å². The number of carbonyl (C=O) groups is 1. The van der Waals surface area contributed by atoms with Crippen LogP contribution in [-0.2, 0) is 4.79 Å².